The van der Waals surface area contributed by atoms with E-state index in [0.717, 1.165) is 0 Å². The van der Waals surface area contributed by atoms with Gasteiger partial charge >= 0.3 is 58.8 Å². The minimum absolute atomic E-state index is 1.05. The van der Waals surface area contributed by atoms with E-state index in [1.165, 1.54) is 6.42 Å². The van der Waals surface area contributed by atoms with Gasteiger partial charge < -0.3 is 0 Å². The second-order valence-corrected chi connectivity index (χ2v) is 11.8. The van der Waals surface area contributed by atoms with E-state index in [1.54, 1.807) is 3.33 Å². The number of allylic oxidation sites excluding steroid dienone is 4. The van der Waals surface area contributed by atoms with Gasteiger partial charge in [0.1, 0.15) is 0 Å². The monoisotopic (exact) mass is 275 g/mol. The molecule has 0 fully saturated rings. The van der Waals surface area contributed by atoms with Gasteiger partial charge in [-0.25, -0.2) is 0 Å². The van der Waals surface area contributed by atoms with Crippen molar-refractivity contribution in [2.24, 2.45) is 0 Å². The van der Waals surface area contributed by atoms with Crippen molar-refractivity contribution >= 4 is 0 Å². The standard InChI is InChI=1S/C5H5.2CH3.Hf/c1-2-4-5-3-1;;;/h1-3H,4H2;2*1H3;. The van der Waals surface area contributed by atoms with Gasteiger partial charge in [-0.15, -0.1) is 0 Å². The van der Waals surface area contributed by atoms with Crippen LogP contribution in [-0.2, 0) is 21.4 Å². The van der Waals surface area contributed by atoms with Crippen molar-refractivity contribution in [2.75, 3.05) is 0 Å². The molecule has 0 radical (unpaired) electrons. The zero-order valence-electron chi connectivity index (χ0n) is 5.44. The molecule has 0 atom stereocenters. The van der Waals surface area contributed by atoms with Crippen molar-refractivity contribution in [3.8, 4) is 0 Å². The van der Waals surface area contributed by atoms with Gasteiger partial charge in [0.05, 0.1) is 0 Å². The van der Waals surface area contributed by atoms with Gasteiger partial charge in [0.25, 0.3) is 0 Å². The van der Waals surface area contributed by atoms with E-state index in [4.69, 9.17) is 0 Å². The molecule has 1 aliphatic rings. The average Bonchev–Trinajstić information content (AvgIpc) is 2.12. The van der Waals surface area contributed by atoms with Crippen LogP contribution in [0.15, 0.2) is 21.6 Å². The first kappa shape index (κ1) is 6.47. The molecule has 0 amide bonds. The van der Waals surface area contributed by atoms with Crippen LogP contribution in [0.2, 0.25) is 9.36 Å². The Morgan fingerprint density at radius 2 is 2.25 bits per heavy atom. The third kappa shape index (κ3) is 1.41. The Hall–Kier alpha value is 0.350. The van der Waals surface area contributed by atoms with Crippen molar-refractivity contribution in [1.82, 2.24) is 0 Å². The fourth-order valence-corrected chi connectivity index (χ4v) is 4.25. The van der Waals surface area contributed by atoms with Crippen LogP contribution in [0.1, 0.15) is 6.42 Å². The van der Waals surface area contributed by atoms with E-state index in [2.05, 4.69) is 27.6 Å². The first-order chi connectivity index (χ1) is 3.80. The average molecular weight is 274 g/mol. The van der Waals surface area contributed by atoms with Crippen LogP contribution in [0.3, 0.4) is 0 Å². The maximum atomic E-state index is 2.45. The molecule has 0 heterocycles. The van der Waals surface area contributed by atoms with E-state index in [0.29, 0.717) is 0 Å². The van der Waals surface area contributed by atoms with Crippen molar-refractivity contribution < 1.29 is 21.4 Å². The number of rotatable bonds is 1. The molecular weight excluding hydrogens is 263 g/mol. The van der Waals surface area contributed by atoms with Crippen molar-refractivity contribution in [2.45, 2.75) is 15.8 Å². The van der Waals surface area contributed by atoms with Crippen LogP contribution < -0.4 is 0 Å². The summed E-state index contributed by atoms with van der Waals surface area (Å²) in [4.78, 5) is 0. The van der Waals surface area contributed by atoms with Crippen LogP contribution >= 0.6 is 0 Å². The fraction of sp³-hybridized carbons (Fsp3) is 0.429. The Bertz CT molecular complexity index is 131. The summed E-state index contributed by atoms with van der Waals surface area (Å²) in [6, 6.07) is 0. The molecule has 1 rings (SSSR count). The van der Waals surface area contributed by atoms with Crippen LogP contribution in [0.4, 0.5) is 0 Å². The normalized spacial score (nSPS) is 16.5. The van der Waals surface area contributed by atoms with Gasteiger partial charge in [-0.2, -0.15) is 0 Å². The Morgan fingerprint density at radius 1 is 1.50 bits per heavy atom. The second-order valence-electron chi connectivity index (χ2n) is 2.32. The molecular formula is C7H11Hf. The summed E-state index contributed by atoms with van der Waals surface area (Å²) in [7, 11) is 0. The molecule has 8 heavy (non-hydrogen) atoms. The molecule has 43 valence electrons. The van der Waals surface area contributed by atoms with Gasteiger partial charge in [0.2, 0.25) is 0 Å². The SMILES string of the molecule is [CH3][Hf]([CH3])[C]1=CC=CC1. The first-order valence-electron chi connectivity index (χ1n) is 2.97. The summed E-state index contributed by atoms with van der Waals surface area (Å²) in [5, 5.41) is 0. The molecule has 0 nitrogen and oxygen atoms in total. The molecule has 1 aliphatic carbocycles. The van der Waals surface area contributed by atoms with Gasteiger partial charge in [0.15, 0.2) is 0 Å². The minimum atomic E-state index is -1.05. The predicted octanol–water partition coefficient (Wildman–Crippen LogP) is 2.54. The van der Waals surface area contributed by atoms with Gasteiger partial charge in [-0.1, -0.05) is 0 Å². The van der Waals surface area contributed by atoms with E-state index in [-0.39, 0.29) is 0 Å². The van der Waals surface area contributed by atoms with Crippen molar-refractivity contribution in [3.63, 3.8) is 0 Å². The molecule has 0 aliphatic heterocycles. The Balaban J connectivity index is 2.51. The number of hydrogen-bond donors (Lipinski definition) is 0. The van der Waals surface area contributed by atoms with Gasteiger partial charge in [-0.05, 0) is 0 Å². The van der Waals surface area contributed by atoms with Crippen molar-refractivity contribution in [1.29, 1.82) is 0 Å². The summed E-state index contributed by atoms with van der Waals surface area (Å²) in [6.45, 7) is 0. The zero-order chi connectivity index (χ0) is 5.98. The van der Waals surface area contributed by atoms with E-state index in [1.807, 2.05) is 0 Å². The van der Waals surface area contributed by atoms with Crippen molar-refractivity contribution in [3.05, 3.63) is 21.6 Å². The van der Waals surface area contributed by atoms with Crippen LogP contribution in [0, 0.1) is 0 Å². The van der Waals surface area contributed by atoms with Gasteiger partial charge in [0, 0.05) is 0 Å². The Labute approximate surface area is 58.8 Å². The van der Waals surface area contributed by atoms with Gasteiger partial charge in [-0.3, -0.25) is 0 Å². The van der Waals surface area contributed by atoms with E-state index < -0.39 is 21.4 Å². The molecule has 0 spiro atoms. The number of hydrogen-bond acceptors (Lipinski definition) is 0. The van der Waals surface area contributed by atoms with Crippen LogP contribution in [0.5, 0.6) is 0 Å². The topological polar surface area (TPSA) is 0 Å². The third-order valence-electron chi connectivity index (χ3n) is 1.41. The summed E-state index contributed by atoms with van der Waals surface area (Å²) in [5.74, 6) is 0. The quantitative estimate of drug-likeness (QED) is 0.644. The van der Waals surface area contributed by atoms with Crippen LogP contribution in [0.25, 0.3) is 0 Å². The summed E-state index contributed by atoms with van der Waals surface area (Å²) in [6.07, 6.45) is 8.02. The molecule has 0 aromatic rings. The Kier molecular flexibility index (Phi) is 2.24. The molecule has 0 saturated heterocycles. The predicted molar refractivity (Wildman–Crippen MR) is 33.6 cm³/mol. The molecule has 1 heteroatoms. The van der Waals surface area contributed by atoms with Crippen LogP contribution in [-0.4, -0.2) is 0 Å². The first-order valence-corrected chi connectivity index (χ1v) is 11.9. The maximum absolute atomic E-state index is 2.45. The second kappa shape index (κ2) is 2.77. The van der Waals surface area contributed by atoms with E-state index >= 15 is 0 Å². The summed E-state index contributed by atoms with van der Waals surface area (Å²) >= 11 is -1.05. The fourth-order valence-electron chi connectivity index (χ4n) is 0.818. The molecule has 0 unspecified atom stereocenters. The molecule has 0 N–H and O–H groups in total. The zero-order valence-corrected chi connectivity index (χ0v) is 9.03. The third-order valence-corrected chi connectivity index (χ3v) is 7.36. The summed E-state index contributed by atoms with van der Waals surface area (Å²) in [5.41, 5.74) is 0. The molecule has 0 aromatic heterocycles. The summed E-state index contributed by atoms with van der Waals surface area (Å²) < 4.78 is 6.67. The molecule has 0 saturated carbocycles. The Morgan fingerprint density at radius 3 is 2.50 bits per heavy atom. The van der Waals surface area contributed by atoms with E-state index in [9.17, 15) is 0 Å². The molecule has 0 aromatic carbocycles. The molecule has 0 bridgehead atoms.